The van der Waals surface area contributed by atoms with Crippen LogP contribution in [0.4, 0.5) is 0 Å². The SMILES string of the molecule is COc1ccc(C(Cl)c2ccccc2I)cc1. The van der Waals surface area contributed by atoms with E-state index in [2.05, 4.69) is 34.7 Å². The van der Waals surface area contributed by atoms with Crippen LogP contribution < -0.4 is 4.74 Å². The summed E-state index contributed by atoms with van der Waals surface area (Å²) in [5, 5.41) is -0.117. The van der Waals surface area contributed by atoms with Crippen LogP contribution in [0.2, 0.25) is 0 Å². The third kappa shape index (κ3) is 2.93. The van der Waals surface area contributed by atoms with Crippen LogP contribution in [0.5, 0.6) is 5.75 Å². The number of ether oxygens (including phenoxy) is 1. The van der Waals surface area contributed by atoms with Crippen LogP contribution >= 0.6 is 34.2 Å². The molecule has 17 heavy (non-hydrogen) atoms. The quantitative estimate of drug-likeness (QED) is 0.574. The summed E-state index contributed by atoms with van der Waals surface area (Å²) in [7, 11) is 1.66. The highest BCUT2D eigenvalue weighted by Gasteiger charge is 2.13. The fraction of sp³-hybridized carbons (Fsp3) is 0.143. The molecule has 0 radical (unpaired) electrons. The molecule has 2 aromatic carbocycles. The molecule has 0 amide bonds. The van der Waals surface area contributed by atoms with Crippen LogP contribution in [0.1, 0.15) is 16.5 Å². The normalized spacial score (nSPS) is 12.2. The fourth-order valence-corrected chi connectivity index (χ4v) is 2.85. The molecule has 88 valence electrons. The monoisotopic (exact) mass is 358 g/mol. The molecule has 2 rings (SSSR count). The Morgan fingerprint density at radius 2 is 1.71 bits per heavy atom. The molecule has 0 aliphatic heterocycles. The molecular formula is C14H12ClIO. The van der Waals surface area contributed by atoms with Crippen molar-refractivity contribution in [2.75, 3.05) is 7.11 Å². The predicted octanol–water partition coefficient (Wildman–Crippen LogP) is 4.63. The second kappa shape index (κ2) is 5.74. The van der Waals surface area contributed by atoms with E-state index in [0.29, 0.717) is 0 Å². The van der Waals surface area contributed by atoms with Crippen LogP contribution in [-0.4, -0.2) is 7.11 Å². The molecule has 0 N–H and O–H groups in total. The smallest absolute Gasteiger partial charge is 0.118 e. The minimum atomic E-state index is -0.117. The molecule has 0 fully saturated rings. The van der Waals surface area contributed by atoms with Gasteiger partial charge in [-0.25, -0.2) is 0 Å². The molecular weight excluding hydrogens is 347 g/mol. The number of hydrogen-bond acceptors (Lipinski definition) is 1. The Hall–Kier alpha value is -0.740. The summed E-state index contributed by atoms with van der Waals surface area (Å²) in [6, 6.07) is 16.0. The maximum absolute atomic E-state index is 6.49. The highest BCUT2D eigenvalue weighted by Crippen LogP contribution is 2.32. The second-order valence-corrected chi connectivity index (χ2v) is 5.26. The summed E-state index contributed by atoms with van der Waals surface area (Å²) in [5.74, 6) is 0.848. The highest BCUT2D eigenvalue weighted by molar-refractivity contribution is 14.1. The van der Waals surface area contributed by atoms with Gasteiger partial charge in [0, 0.05) is 3.57 Å². The minimum absolute atomic E-state index is 0.117. The van der Waals surface area contributed by atoms with Crippen molar-refractivity contribution >= 4 is 34.2 Å². The molecule has 0 saturated heterocycles. The highest BCUT2D eigenvalue weighted by atomic mass is 127. The van der Waals surface area contributed by atoms with Crippen molar-refractivity contribution in [1.29, 1.82) is 0 Å². The molecule has 2 aromatic rings. The first-order valence-electron chi connectivity index (χ1n) is 5.25. The maximum Gasteiger partial charge on any atom is 0.118 e. The van der Waals surface area contributed by atoms with E-state index in [0.717, 1.165) is 16.9 Å². The van der Waals surface area contributed by atoms with Crippen molar-refractivity contribution in [3.8, 4) is 5.75 Å². The van der Waals surface area contributed by atoms with Crippen LogP contribution in [-0.2, 0) is 0 Å². The third-order valence-corrected chi connectivity index (χ3v) is 4.06. The van der Waals surface area contributed by atoms with Gasteiger partial charge in [-0.2, -0.15) is 0 Å². The van der Waals surface area contributed by atoms with E-state index < -0.39 is 0 Å². The van der Waals surface area contributed by atoms with Gasteiger partial charge in [-0.1, -0.05) is 30.3 Å². The summed E-state index contributed by atoms with van der Waals surface area (Å²) < 4.78 is 6.32. The van der Waals surface area contributed by atoms with E-state index >= 15 is 0 Å². The summed E-state index contributed by atoms with van der Waals surface area (Å²) in [6.45, 7) is 0. The molecule has 0 aliphatic rings. The third-order valence-electron chi connectivity index (χ3n) is 2.59. The molecule has 0 spiro atoms. The molecule has 0 aliphatic carbocycles. The van der Waals surface area contributed by atoms with Crippen LogP contribution in [0.3, 0.4) is 0 Å². The van der Waals surface area contributed by atoms with E-state index in [1.165, 1.54) is 3.57 Å². The number of benzene rings is 2. The van der Waals surface area contributed by atoms with Crippen LogP contribution in [0.25, 0.3) is 0 Å². The topological polar surface area (TPSA) is 9.23 Å². The lowest BCUT2D eigenvalue weighted by molar-refractivity contribution is 0.414. The first-order valence-corrected chi connectivity index (χ1v) is 6.76. The average molecular weight is 359 g/mol. The van der Waals surface area contributed by atoms with E-state index in [-0.39, 0.29) is 5.38 Å². The Bertz CT molecular complexity index is 496. The van der Waals surface area contributed by atoms with Crippen molar-refractivity contribution < 1.29 is 4.74 Å². The van der Waals surface area contributed by atoms with Gasteiger partial charge >= 0.3 is 0 Å². The lowest BCUT2D eigenvalue weighted by Crippen LogP contribution is -1.96. The lowest BCUT2D eigenvalue weighted by Gasteiger charge is -2.12. The zero-order chi connectivity index (χ0) is 12.3. The molecule has 0 saturated carbocycles. The van der Waals surface area contributed by atoms with E-state index in [4.69, 9.17) is 16.3 Å². The van der Waals surface area contributed by atoms with Gasteiger partial charge < -0.3 is 4.74 Å². The van der Waals surface area contributed by atoms with Crippen LogP contribution in [0.15, 0.2) is 48.5 Å². The summed E-state index contributed by atoms with van der Waals surface area (Å²) in [5.41, 5.74) is 2.22. The summed E-state index contributed by atoms with van der Waals surface area (Å²) in [4.78, 5) is 0. The van der Waals surface area contributed by atoms with Gasteiger partial charge in [0.1, 0.15) is 5.75 Å². The zero-order valence-electron chi connectivity index (χ0n) is 9.36. The molecule has 0 bridgehead atoms. The van der Waals surface area contributed by atoms with Crippen molar-refractivity contribution in [2.24, 2.45) is 0 Å². The maximum atomic E-state index is 6.49. The Morgan fingerprint density at radius 1 is 1.06 bits per heavy atom. The van der Waals surface area contributed by atoms with Crippen molar-refractivity contribution in [3.63, 3.8) is 0 Å². The summed E-state index contributed by atoms with van der Waals surface area (Å²) >= 11 is 8.79. The lowest BCUT2D eigenvalue weighted by atomic mass is 10.0. The second-order valence-electron chi connectivity index (χ2n) is 3.66. The fourth-order valence-electron chi connectivity index (χ4n) is 1.63. The Morgan fingerprint density at radius 3 is 2.29 bits per heavy atom. The van der Waals surface area contributed by atoms with Gasteiger partial charge in [-0.3, -0.25) is 0 Å². The van der Waals surface area contributed by atoms with Crippen LogP contribution in [0, 0.1) is 3.57 Å². The van der Waals surface area contributed by atoms with E-state index in [9.17, 15) is 0 Å². The predicted molar refractivity (Wildman–Crippen MR) is 79.8 cm³/mol. The number of methoxy groups -OCH3 is 1. The summed E-state index contributed by atoms with van der Waals surface area (Å²) in [6.07, 6.45) is 0. The van der Waals surface area contributed by atoms with Gasteiger partial charge in [0.25, 0.3) is 0 Å². The number of halogens is 2. The van der Waals surface area contributed by atoms with Crippen molar-refractivity contribution in [3.05, 3.63) is 63.2 Å². The first-order chi connectivity index (χ1) is 8.22. The van der Waals surface area contributed by atoms with Gasteiger partial charge in [-0.05, 0) is 51.9 Å². The Labute approximate surface area is 120 Å². The molecule has 1 nitrogen and oxygen atoms in total. The van der Waals surface area contributed by atoms with Crippen molar-refractivity contribution in [2.45, 2.75) is 5.38 Å². The zero-order valence-corrected chi connectivity index (χ0v) is 12.3. The van der Waals surface area contributed by atoms with E-state index in [1.807, 2.05) is 36.4 Å². The molecule has 1 atom stereocenters. The number of hydrogen-bond donors (Lipinski definition) is 0. The van der Waals surface area contributed by atoms with Gasteiger partial charge in [-0.15, -0.1) is 11.6 Å². The minimum Gasteiger partial charge on any atom is -0.497 e. The molecule has 0 heterocycles. The molecule has 0 aromatic heterocycles. The average Bonchev–Trinajstić information content (AvgIpc) is 2.39. The molecule has 1 unspecified atom stereocenters. The van der Waals surface area contributed by atoms with Gasteiger partial charge in [0.2, 0.25) is 0 Å². The van der Waals surface area contributed by atoms with E-state index in [1.54, 1.807) is 7.11 Å². The molecule has 3 heteroatoms. The standard InChI is InChI=1S/C14H12ClIO/c1-17-11-8-6-10(7-9-11)14(15)12-4-2-3-5-13(12)16/h2-9,14H,1H3. The number of alkyl halides is 1. The first kappa shape index (κ1) is 12.7. The Balaban J connectivity index is 2.30. The van der Waals surface area contributed by atoms with Gasteiger partial charge in [0.15, 0.2) is 0 Å². The number of rotatable bonds is 3. The van der Waals surface area contributed by atoms with Crippen molar-refractivity contribution in [1.82, 2.24) is 0 Å². The Kier molecular flexibility index (Phi) is 4.29. The largest absolute Gasteiger partial charge is 0.497 e. The van der Waals surface area contributed by atoms with Gasteiger partial charge in [0.05, 0.1) is 12.5 Å².